The third-order valence-corrected chi connectivity index (χ3v) is 3.22. The van der Waals surface area contributed by atoms with Crippen molar-refractivity contribution in [1.82, 2.24) is 0 Å². The zero-order chi connectivity index (χ0) is 13.8. The molecule has 19 heavy (non-hydrogen) atoms. The summed E-state index contributed by atoms with van der Waals surface area (Å²) in [7, 11) is 0. The Kier molecular flexibility index (Phi) is 4.17. The summed E-state index contributed by atoms with van der Waals surface area (Å²) in [5.74, 6) is 0.420. The van der Waals surface area contributed by atoms with E-state index < -0.39 is 6.10 Å². The number of halogens is 1. The van der Waals surface area contributed by atoms with Crippen LogP contribution < -0.4 is 10.5 Å². The van der Waals surface area contributed by atoms with Crippen molar-refractivity contribution in [2.24, 2.45) is 5.73 Å². The SMILES string of the molecule is Cc1ccc(OC(CN)c2ccccc2F)cc1C. The average molecular weight is 259 g/mol. The predicted octanol–water partition coefficient (Wildman–Crippen LogP) is 3.52. The Labute approximate surface area is 113 Å². The van der Waals surface area contributed by atoms with Gasteiger partial charge < -0.3 is 10.5 Å². The first-order chi connectivity index (χ1) is 9.11. The summed E-state index contributed by atoms with van der Waals surface area (Å²) in [6, 6.07) is 12.4. The summed E-state index contributed by atoms with van der Waals surface area (Å²) in [6.07, 6.45) is -0.469. The Morgan fingerprint density at radius 2 is 1.84 bits per heavy atom. The van der Waals surface area contributed by atoms with E-state index in [0.717, 1.165) is 5.56 Å². The van der Waals surface area contributed by atoms with E-state index in [1.807, 2.05) is 32.0 Å². The largest absolute Gasteiger partial charge is 0.484 e. The Hall–Kier alpha value is -1.87. The molecule has 2 N–H and O–H groups in total. The summed E-state index contributed by atoms with van der Waals surface area (Å²) in [5, 5.41) is 0. The van der Waals surface area contributed by atoms with Gasteiger partial charge in [-0.05, 0) is 43.2 Å². The fraction of sp³-hybridized carbons (Fsp3) is 0.250. The topological polar surface area (TPSA) is 35.2 Å². The first-order valence-electron chi connectivity index (χ1n) is 6.30. The maximum atomic E-state index is 13.7. The van der Waals surface area contributed by atoms with E-state index in [1.54, 1.807) is 18.2 Å². The van der Waals surface area contributed by atoms with Gasteiger partial charge in [0.25, 0.3) is 0 Å². The molecule has 0 saturated carbocycles. The highest BCUT2D eigenvalue weighted by Gasteiger charge is 2.15. The van der Waals surface area contributed by atoms with Crippen molar-refractivity contribution in [3.63, 3.8) is 0 Å². The molecule has 3 heteroatoms. The van der Waals surface area contributed by atoms with Gasteiger partial charge in [0.1, 0.15) is 17.7 Å². The molecule has 0 aliphatic heterocycles. The number of aryl methyl sites for hydroxylation is 2. The van der Waals surface area contributed by atoms with E-state index in [0.29, 0.717) is 11.3 Å². The lowest BCUT2D eigenvalue weighted by Gasteiger charge is -2.19. The van der Waals surface area contributed by atoms with Crippen LogP contribution in [0, 0.1) is 19.7 Å². The molecule has 2 rings (SSSR count). The second kappa shape index (κ2) is 5.85. The molecule has 100 valence electrons. The highest BCUT2D eigenvalue weighted by atomic mass is 19.1. The molecule has 0 radical (unpaired) electrons. The molecule has 0 bridgehead atoms. The van der Waals surface area contributed by atoms with Gasteiger partial charge in [-0.3, -0.25) is 0 Å². The summed E-state index contributed by atoms with van der Waals surface area (Å²) in [6.45, 7) is 4.28. The normalized spacial score (nSPS) is 12.2. The monoisotopic (exact) mass is 259 g/mol. The molecule has 0 aliphatic rings. The van der Waals surface area contributed by atoms with Crippen molar-refractivity contribution in [2.45, 2.75) is 20.0 Å². The minimum Gasteiger partial charge on any atom is -0.484 e. The summed E-state index contributed by atoms with van der Waals surface area (Å²) < 4.78 is 19.5. The maximum Gasteiger partial charge on any atom is 0.139 e. The van der Waals surface area contributed by atoms with Gasteiger partial charge in [-0.25, -0.2) is 4.39 Å². The van der Waals surface area contributed by atoms with Crippen molar-refractivity contribution >= 4 is 0 Å². The van der Waals surface area contributed by atoms with Gasteiger partial charge in [0.15, 0.2) is 0 Å². The van der Waals surface area contributed by atoms with E-state index in [9.17, 15) is 4.39 Å². The van der Waals surface area contributed by atoms with Crippen LogP contribution in [-0.4, -0.2) is 6.54 Å². The number of benzene rings is 2. The average Bonchev–Trinajstić information content (AvgIpc) is 2.41. The lowest BCUT2D eigenvalue weighted by Crippen LogP contribution is -2.19. The second-order valence-corrected chi connectivity index (χ2v) is 4.61. The van der Waals surface area contributed by atoms with Gasteiger partial charge in [-0.1, -0.05) is 24.3 Å². The number of hydrogen-bond donors (Lipinski definition) is 1. The Bertz CT molecular complexity index is 568. The molecule has 0 heterocycles. The molecular weight excluding hydrogens is 241 g/mol. The number of ether oxygens (including phenoxy) is 1. The van der Waals surface area contributed by atoms with Crippen LogP contribution in [0.3, 0.4) is 0 Å². The minimum atomic E-state index is -0.469. The summed E-state index contributed by atoms with van der Waals surface area (Å²) in [5.41, 5.74) is 8.52. The van der Waals surface area contributed by atoms with Crippen LogP contribution in [-0.2, 0) is 0 Å². The van der Waals surface area contributed by atoms with E-state index in [1.165, 1.54) is 11.6 Å². The zero-order valence-corrected chi connectivity index (χ0v) is 11.2. The zero-order valence-electron chi connectivity index (χ0n) is 11.2. The quantitative estimate of drug-likeness (QED) is 0.911. The standard InChI is InChI=1S/C16H18FNO/c1-11-7-8-13(9-12(11)2)19-16(10-18)14-5-3-4-6-15(14)17/h3-9,16H,10,18H2,1-2H3. The van der Waals surface area contributed by atoms with Crippen LogP contribution in [0.5, 0.6) is 5.75 Å². The number of rotatable bonds is 4. The molecule has 2 aromatic rings. The summed E-state index contributed by atoms with van der Waals surface area (Å²) >= 11 is 0. The maximum absolute atomic E-state index is 13.7. The van der Waals surface area contributed by atoms with Crippen LogP contribution in [0.25, 0.3) is 0 Å². The Morgan fingerprint density at radius 3 is 2.47 bits per heavy atom. The van der Waals surface area contributed by atoms with Crippen molar-refractivity contribution in [3.8, 4) is 5.75 Å². The highest BCUT2D eigenvalue weighted by Crippen LogP contribution is 2.24. The molecule has 0 spiro atoms. The van der Waals surface area contributed by atoms with Gasteiger partial charge in [-0.15, -0.1) is 0 Å². The smallest absolute Gasteiger partial charge is 0.139 e. The fourth-order valence-electron chi connectivity index (χ4n) is 1.93. The number of nitrogens with two attached hydrogens (primary N) is 1. The second-order valence-electron chi connectivity index (χ2n) is 4.61. The first-order valence-corrected chi connectivity index (χ1v) is 6.30. The molecule has 0 saturated heterocycles. The molecule has 2 aromatic carbocycles. The van der Waals surface area contributed by atoms with Crippen molar-refractivity contribution < 1.29 is 9.13 Å². The van der Waals surface area contributed by atoms with Crippen LogP contribution >= 0.6 is 0 Å². The van der Waals surface area contributed by atoms with E-state index in [-0.39, 0.29) is 12.4 Å². The third kappa shape index (κ3) is 3.12. The molecule has 0 fully saturated rings. The van der Waals surface area contributed by atoms with Crippen LogP contribution in [0.2, 0.25) is 0 Å². The molecular formula is C16H18FNO. The molecule has 1 atom stereocenters. The van der Waals surface area contributed by atoms with E-state index in [4.69, 9.17) is 10.5 Å². The predicted molar refractivity (Wildman–Crippen MR) is 74.7 cm³/mol. The lowest BCUT2D eigenvalue weighted by molar-refractivity contribution is 0.209. The Morgan fingerprint density at radius 1 is 1.11 bits per heavy atom. The van der Waals surface area contributed by atoms with Gasteiger partial charge in [0.05, 0.1) is 0 Å². The molecule has 1 unspecified atom stereocenters. The summed E-state index contributed by atoms with van der Waals surface area (Å²) in [4.78, 5) is 0. The van der Waals surface area contributed by atoms with E-state index in [2.05, 4.69) is 0 Å². The van der Waals surface area contributed by atoms with Gasteiger partial charge in [0.2, 0.25) is 0 Å². The van der Waals surface area contributed by atoms with Crippen molar-refractivity contribution in [3.05, 3.63) is 65.0 Å². The van der Waals surface area contributed by atoms with Gasteiger partial charge >= 0.3 is 0 Å². The third-order valence-electron chi connectivity index (χ3n) is 3.22. The van der Waals surface area contributed by atoms with E-state index >= 15 is 0 Å². The molecule has 2 nitrogen and oxygen atoms in total. The molecule has 0 aromatic heterocycles. The highest BCUT2D eigenvalue weighted by molar-refractivity contribution is 5.34. The van der Waals surface area contributed by atoms with Gasteiger partial charge in [0, 0.05) is 12.1 Å². The van der Waals surface area contributed by atoms with Gasteiger partial charge in [-0.2, -0.15) is 0 Å². The minimum absolute atomic E-state index is 0.230. The van der Waals surface area contributed by atoms with Crippen LogP contribution in [0.1, 0.15) is 22.8 Å². The van der Waals surface area contributed by atoms with Crippen LogP contribution in [0.15, 0.2) is 42.5 Å². The number of hydrogen-bond acceptors (Lipinski definition) is 2. The Balaban J connectivity index is 2.24. The molecule has 0 aliphatic carbocycles. The lowest BCUT2D eigenvalue weighted by atomic mass is 10.1. The first kappa shape index (κ1) is 13.6. The van der Waals surface area contributed by atoms with Crippen molar-refractivity contribution in [2.75, 3.05) is 6.54 Å². The fourth-order valence-corrected chi connectivity index (χ4v) is 1.93. The molecule has 0 amide bonds. The van der Waals surface area contributed by atoms with Crippen LogP contribution in [0.4, 0.5) is 4.39 Å². The van der Waals surface area contributed by atoms with Crippen molar-refractivity contribution in [1.29, 1.82) is 0 Å².